The van der Waals surface area contributed by atoms with Crippen molar-refractivity contribution >= 4 is 23.2 Å². The van der Waals surface area contributed by atoms with Gasteiger partial charge in [-0.05, 0) is 58.8 Å². The molecule has 5 heteroatoms. The molecule has 0 radical (unpaired) electrons. The van der Waals surface area contributed by atoms with Crippen molar-refractivity contribution in [2.24, 2.45) is 5.41 Å². The van der Waals surface area contributed by atoms with Crippen molar-refractivity contribution in [1.29, 1.82) is 0 Å². The summed E-state index contributed by atoms with van der Waals surface area (Å²) in [6.07, 6.45) is 1.68. The lowest BCUT2D eigenvalue weighted by Gasteiger charge is -2.28. The summed E-state index contributed by atoms with van der Waals surface area (Å²) in [4.78, 5) is 27.7. The standard InChI is InChI=1S/C26H28N2O2S/c1-19-4-3-5-21(14-19)15-24(29)28-12-11-26(18-28,25(30)27-2)16-20-6-8-22(9-7-20)23-10-13-31-17-23/h3-10,13-14,17H,11-12,15-16,18H2,1-2H3,(H,27,30)/t26-/m0/s1. The molecule has 31 heavy (non-hydrogen) atoms. The molecule has 160 valence electrons. The van der Waals surface area contributed by atoms with Crippen LogP contribution in [-0.2, 0) is 22.4 Å². The molecule has 3 aromatic rings. The minimum absolute atomic E-state index is 0.0141. The normalized spacial score (nSPS) is 18.2. The van der Waals surface area contributed by atoms with Gasteiger partial charge in [-0.25, -0.2) is 0 Å². The Morgan fingerprint density at radius 3 is 2.55 bits per heavy atom. The van der Waals surface area contributed by atoms with Crippen LogP contribution in [0.25, 0.3) is 11.1 Å². The molecule has 1 N–H and O–H groups in total. The molecule has 1 saturated heterocycles. The van der Waals surface area contributed by atoms with Gasteiger partial charge in [0.2, 0.25) is 11.8 Å². The maximum absolute atomic E-state index is 12.9. The summed E-state index contributed by atoms with van der Waals surface area (Å²) in [6.45, 7) is 3.11. The first kappa shape index (κ1) is 21.3. The van der Waals surface area contributed by atoms with Gasteiger partial charge in [0, 0.05) is 20.1 Å². The molecule has 1 aliphatic heterocycles. The van der Waals surface area contributed by atoms with Crippen LogP contribution in [0.1, 0.15) is 23.1 Å². The van der Waals surface area contributed by atoms with Crippen LogP contribution in [0, 0.1) is 12.3 Å². The largest absolute Gasteiger partial charge is 0.359 e. The van der Waals surface area contributed by atoms with Gasteiger partial charge in [0.15, 0.2) is 0 Å². The fourth-order valence-corrected chi connectivity index (χ4v) is 5.17. The maximum Gasteiger partial charge on any atom is 0.228 e. The molecule has 4 nitrogen and oxygen atoms in total. The summed E-state index contributed by atoms with van der Waals surface area (Å²) in [7, 11) is 1.68. The molecular weight excluding hydrogens is 404 g/mol. The van der Waals surface area contributed by atoms with Gasteiger partial charge in [-0.1, -0.05) is 54.1 Å². The van der Waals surface area contributed by atoms with Crippen molar-refractivity contribution in [3.8, 4) is 11.1 Å². The molecular formula is C26H28N2O2S. The van der Waals surface area contributed by atoms with Gasteiger partial charge in [-0.2, -0.15) is 11.3 Å². The molecule has 1 aromatic heterocycles. The third kappa shape index (κ3) is 4.72. The summed E-state index contributed by atoms with van der Waals surface area (Å²) in [5, 5.41) is 7.05. The van der Waals surface area contributed by atoms with E-state index in [1.165, 1.54) is 11.1 Å². The van der Waals surface area contributed by atoms with E-state index in [0.717, 1.165) is 16.7 Å². The molecule has 2 heterocycles. The highest BCUT2D eigenvalue weighted by molar-refractivity contribution is 7.08. The second-order valence-electron chi connectivity index (χ2n) is 8.48. The molecule has 2 aromatic carbocycles. The highest BCUT2D eigenvalue weighted by Gasteiger charge is 2.45. The fourth-order valence-electron chi connectivity index (χ4n) is 4.50. The first-order valence-electron chi connectivity index (χ1n) is 10.7. The summed E-state index contributed by atoms with van der Waals surface area (Å²) in [5.41, 5.74) is 5.10. The highest BCUT2D eigenvalue weighted by atomic mass is 32.1. The Kier molecular flexibility index (Phi) is 6.23. The van der Waals surface area contributed by atoms with Crippen LogP contribution in [0.3, 0.4) is 0 Å². The number of carbonyl (C=O) groups excluding carboxylic acids is 2. The van der Waals surface area contributed by atoms with Crippen LogP contribution in [-0.4, -0.2) is 36.9 Å². The highest BCUT2D eigenvalue weighted by Crippen LogP contribution is 2.35. The van der Waals surface area contributed by atoms with Gasteiger partial charge in [0.05, 0.1) is 11.8 Å². The molecule has 0 spiro atoms. The predicted octanol–water partition coefficient (Wildman–Crippen LogP) is 4.47. The Morgan fingerprint density at radius 1 is 1.06 bits per heavy atom. The Hall–Kier alpha value is -2.92. The summed E-state index contributed by atoms with van der Waals surface area (Å²) in [6, 6.07) is 18.6. The van der Waals surface area contributed by atoms with Gasteiger partial charge in [0.1, 0.15) is 0 Å². The van der Waals surface area contributed by atoms with Gasteiger partial charge in [-0.15, -0.1) is 0 Å². The Balaban J connectivity index is 1.48. The second kappa shape index (κ2) is 9.06. The number of hydrogen-bond acceptors (Lipinski definition) is 3. The summed E-state index contributed by atoms with van der Waals surface area (Å²) >= 11 is 1.68. The van der Waals surface area contributed by atoms with E-state index in [1.54, 1.807) is 18.4 Å². The molecule has 1 atom stereocenters. The zero-order chi connectivity index (χ0) is 21.8. The lowest BCUT2D eigenvalue weighted by atomic mass is 9.79. The van der Waals surface area contributed by atoms with E-state index in [-0.39, 0.29) is 11.8 Å². The van der Waals surface area contributed by atoms with Crippen molar-refractivity contribution in [2.45, 2.75) is 26.2 Å². The average molecular weight is 433 g/mol. The Bertz CT molecular complexity index is 1060. The third-order valence-corrected chi connectivity index (χ3v) is 6.89. The first-order chi connectivity index (χ1) is 15.0. The average Bonchev–Trinajstić information content (AvgIpc) is 3.45. The molecule has 4 rings (SSSR count). The molecule has 0 aliphatic carbocycles. The Labute approximate surface area is 187 Å². The lowest BCUT2D eigenvalue weighted by molar-refractivity contribution is -0.132. The SMILES string of the molecule is CNC(=O)[C@]1(Cc2ccc(-c3ccsc3)cc2)CCN(C(=O)Cc2cccc(C)c2)C1. The van der Waals surface area contributed by atoms with Gasteiger partial charge < -0.3 is 10.2 Å². The van der Waals surface area contributed by atoms with E-state index >= 15 is 0 Å². The summed E-state index contributed by atoms with van der Waals surface area (Å²) < 4.78 is 0. The number of benzene rings is 2. The molecule has 0 bridgehead atoms. The van der Waals surface area contributed by atoms with Gasteiger partial charge in [0.25, 0.3) is 0 Å². The quantitative estimate of drug-likeness (QED) is 0.625. The predicted molar refractivity (Wildman–Crippen MR) is 126 cm³/mol. The van der Waals surface area contributed by atoms with Crippen LogP contribution >= 0.6 is 11.3 Å². The molecule has 0 unspecified atom stereocenters. The maximum atomic E-state index is 12.9. The van der Waals surface area contributed by atoms with Crippen LogP contribution < -0.4 is 5.32 Å². The number of thiophene rings is 1. The van der Waals surface area contributed by atoms with E-state index in [4.69, 9.17) is 0 Å². The number of carbonyl (C=O) groups is 2. The van der Waals surface area contributed by atoms with Crippen LogP contribution in [0.15, 0.2) is 65.4 Å². The smallest absolute Gasteiger partial charge is 0.228 e. The van der Waals surface area contributed by atoms with Crippen LogP contribution in [0.2, 0.25) is 0 Å². The van der Waals surface area contributed by atoms with Crippen LogP contribution in [0.5, 0.6) is 0 Å². The third-order valence-electron chi connectivity index (χ3n) is 6.20. The topological polar surface area (TPSA) is 49.4 Å². The Morgan fingerprint density at radius 2 is 1.87 bits per heavy atom. The van der Waals surface area contributed by atoms with E-state index in [0.29, 0.717) is 32.4 Å². The minimum Gasteiger partial charge on any atom is -0.359 e. The van der Waals surface area contributed by atoms with Crippen molar-refractivity contribution < 1.29 is 9.59 Å². The number of likely N-dealkylation sites (tertiary alicyclic amines) is 1. The minimum atomic E-state index is -0.582. The van der Waals surface area contributed by atoms with Crippen molar-refractivity contribution in [2.75, 3.05) is 20.1 Å². The number of rotatable bonds is 6. The molecule has 2 amide bonds. The summed E-state index contributed by atoms with van der Waals surface area (Å²) in [5.74, 6) is 0.101. The zero-order valence-corrected chi connectivity index (χ0v) is 18.9. The number of aryl methyl sites for hydroxylation is 1. The lowest BCUT2D eigenvalue weighted by Crippen LogP contribution is -2.44. The number of amides is 2. The number of hydrogen-bond donors (Lipinski definition) is 1. The molecule has 1 aliphatic rings. The van der Waals surface area contributed by atoms with Gasteiger partial charge in [-0.3, -0.25) is 9.59 Å². The van der Waals surface area contributed by atoms with Crippen molar-refractivity contribution in [1.82, 2.24) is 10.2 Å². The first-order valence-corrected chi connectivity index (χ1v) is 11.6. The van der Waals surface area contributed by atoms with Crippen molar-refractivity contribution in [3.63, 3.8) is 0 Å². The zero-order valence-electron chi connectivity index (χ0n) is 18.1. The van der Waals surface area contributed by atoms with E-state index < -0.39 is 5.41 Å². The van der Waals surface area contributed by atoms with E-state index in [1.807, 2.05) is 30.0 Å². The van der Waals surface area contributed by atoms with Crippen molar-refractivity contribution in [3.05, 3.63) is 82.0 Å². The number of nitrogens with one attached hydrogen (secondary N) is 1. The van der Waals surface area contributed by atoms with Gasteiger partial charge >= 0.3 is 0 Å². The molecule has 0 saturated carbocycles. The van der Waals surface area contributed by atoms with E-state index in [2.05, 4.69) is 52.5 Å². The monoisotopic (exact) mass is 432 g/mol. The molecule has 1 fully saturated rings. The van der Waals surface area contributed by atoms with Crippen LogP contribution in [0.4, 0.5) is 0 Å². The fraction of sp³-hybridized carbons (Fsp3) is 0.308. The number of nitrogens with zero attached hydrogens (tertiary/aromatic N) is 1. The second-order valence-corrected chi connectivity index (χ2v) is 9.26. The van der Waals surface area contributed by atoms with E-state index in [9.17, 15) is 9.59 Å².